The van der Waals surface area contributed by atoms with E-state index in [0.717, 1.165) is 25.0 Å². The molecule has 21 heavy (non-hydrogen) atoms. The Bertz CT molecular complexity index is 560. The molecule has 112 valence electrons. The van der Waals surface area contributed by atoms with Gasteiger partial charge in [0.25, 0.3) is 0 Å². The highest BCUT2D eigenvalue weighted by Crippen LogP contribution is 2.33. The fraction of sp³-hybridized carbons (Fsp3) is 0.571. The van der Waals surface area contributed by atoms with E-state index in [-0.39, 0.29) is 0 Å². The van der Waals surface area contributed by atoms with Crippen LogP contribution in [0.1, 0.15) is 43.8 Å². The molecule has 0 aromatic carbocycles. The van der Waals surface area contributed by atoms with E-state index < -0.39 is 0 Å². The summed E-state index contributed by atoms with van der Waals surface area (Å²) in [5.41, 5.74) is 0. The minimum absolute atomic E-state index is 0.448. The van der Waals surface area contributed by atoms with E-state index in [2.05, 4.69) is 15.2 Å². The number of carbonyl (C=O) groups is 1. The number of hydrogen-bond donors (Lipinski definition) is 0. The van der Waals surface area contributed by atoms with Crippen LogP contribution in [-0.4, -0.2) is 32.9 Å². The van der Waals surface area contributed by atoms with Gasteiger partial charge in [-0.3, -0.25) is 14.4 Å². The summed E-state index contributed by atoms with van der Waals surface area (Å²) in [4.78, 5) is 16.7. The molecule has 0 N–H and O–H groups in total. The molecule has 0 atom stereocenters. The normalized spacial score (nSPS) is 16.0. The highest BCUT2D eigenvalue weighted by atomic mass is 16.5. The average Bonchev–Trinajstić information content (AvgIpc) is 3.20. The number of hydrogen-bond acceptors (Lipinski definition) is 5. The van der Waals surface area contributed by atoms with Gasteiger partial charge in [-0.2, -0.15) is 5.10 Å². The van der Waals surface area contributed by atoms with Crippen LogP contribution in [0.4, 0.5) is 5.82 Å². The van der Waals surface area contributed by atoms with Crippen molar-refractivity contribution in [2.24, 2.45) is 0 Å². The maximum absolute atomic E-state index is 11.2. The van der Waals surface area contributed by atoms with Crippen LogP contribution in [0.2, 0.25) is 0 Å². The minimum Gasteiger partial charge on any atom is -0.359 e. The summed E-state index contributed by atoms with van der Waals surface area (Å²) in [7, 11) is 0. The van der Waals surface area contributed by atoms with Crippen molar-refractivity contribution in [1.82, 2.24) is 19.9 Å². The lowest BCUT2D eigenvalue weighted by atomic mass is 9.87. The fourth-order valence-electron chi connectivity index (χ4n) is 2.77. The van der Waals surface area contributed by atoms with Crippen LogP contribution in [0.3, 0.4) is 0 Å². The van der Waals surface area contributed by atoms with Gasteiger partial charge in [-0.1, -0.05) is 24.4 Å². The molecule has 1 saturated carbocycles. The molecule has 0 unspecified atom stereocenters. The first-order valence-electron chi connectivity index (χ1n) is 7.38. The van der Waals surface area contributed by atoms with Crippen molar-refractivity contribution in [1.29, 1.82) is 0 Å². The molecule has 2 aromatic heterocycles. The number of nitrogens with zero attached hydrogens (tertiary/aromatic N) is 5. The van der Waals surface area contributed by atoms with Crippen molar-refractivity contribution in [2.45, 2.75) is 44.6 Å². The first-order chi connectivity index (χ1) is 10.4. The predicted molar refractivity (Wildman–Crippen MR) is 75.8 cm³/mol. The van der Waals surface area contributed by atoms with E-state index in [1.807, 2.05) is 6.07 Å². The zero-order valence-corrected chi connectivity index (χ0v) is 11.9. The smallest absolute Gasteiger partial charge is 0.215 e. The first-order valence-corrected chi connectivity index (χ1v) is 7.38. The van der Waals surface area contributed by atoms with Gasteiger partial charge in [-0.25, -0.2) is 4.98 Å². The summed E-state index contributed by atoms with van der Waals surface area (Å²) in [6, 6.07) is 1.89. The third-order valence-corrected chi connectivity index (χ3v) is 3.98. The molecule has 0 aliphatic heterocycles. The van der Waals surface area contributed by atoms with Crippen molar-refractivity contribution in [3.05, 3.63) is 24.5 Å². The molecule has 0 spiro atoms. The van der Waals surface area contributed by atoms with Crippen LogP contribution in [0.5, 0.6) is 0 Å². The van der Waals surface area contributed by atoms with Crippen molar-refractivity contribution >= 4 is 12.2 Å². The third-order valence-electron chi connectivity index (χ3n) is 3.98. The van der Waals surface area contributed by atoms with E-state index in [1.54, 1.807) is 11.0 Å². The van der Waals surface area contributed by atoms with Crippen LogP contribution in [0.15, 0.2) is 23.2 Å². The minimum atomic E-state index is 0.448. The van der Waals surface area contributed by atoms with Gasteiger partial charge >= 0.3 is 0 Å². The number of rotatable bonds is 6. The van der Waals surface area contributed by atoms with Crippen molar-refractivity contribution < 1.29 is 9.32 Å². The van der Waals surface area contributed by atoms with E-state index in [1.165, 1.54) is 30.5 Å². The Morgan fingerprint density at radius 1 is 1.38 bits per heavy atom. The van der Waals surface area contributed by atoms with Gasteiger partial charge in [-0.15, -0.1) is 0 Å². The Labute approximate surface area is 122 Å². The highest BCUT2D eigenvalue weighted by Gasteiger charge is 2.21. The number of anilines is 1. The second-order valence-electron chi connectivity index (χ2n) is 5.38. The van der Waals surface area contributed by atoms with Crippen LogP contribution in [0.25, 0.3) is 0 Å². The highest BCUT2D eigenvalue weighted by molar-refractivity contribution is 5.72. The Morgan fingerprint density at radius 2 is 2.24 bits per heavy atom. The molecular weight excluding hydrogens is 270 g/mol. The Kier molecular flexibility index (Phi) is 4.28. The molecule has 2 aromatic rings. The number of aromatic nitrogens is 4. The molecule has 1 amide bonds. The molecule has 1 aliphatic carbocycles. The van der Waals surface area contributed by atoms with Crippen LogP contribution in [0, 0.1) is 0 Å². The molecule has 7 nitrogen and oxygen atoms in total. The van der Waals surface area contributed by atoms with Crippen molar-refractivity contribution in [3.8, 4) is 0 Å². The summed E-state index contributed by atoms with van der Waals surface area (Å²) in [6.07, 6.45) is 9.95. The lowest BCUT2D eigenvalue weighted by molar-refractivity contribution is -0.107. The summed E-state index contributed by atoms with van der Waals surface area (Å²) in [5, 5.41) is 8.05. The maximum atomic E-state index is 11.2. The zero-order chi connectivity index (χ0) is 14.5. The Hall–Kier alpha value is -2.18. The second-order valence-corrected chi connectivity index (χ2v) is 5.38. The third kappa shape index (κ3) is 3.29. The van der Waals surface area contributed by atoms with Crippen molar-refractivity contribution in [2.75, 3.05) is 11.4 Å². The molecule has 0 bridgehead atoms. The fourth-order valence-corrected chi connectivity index (χ4v) is 2.77. The van der Waals surface area contributed by atoms with E-state index in [0.29, 0.717) is 24.8 Å². The molecule has 0 radical (unpaired) electrons. The second kappa shape index (κ2) is 6.51. The molecule has 1 fully saturated rings. The lowest BCUT2D eigenvalue weighted by Crippen LogP contribution is -2.26. The standard InChI is InChI=1S/C14H19N5O2/c20-11-18(6-7-19-10-15-9-16-19)14-8-13(21-17-14)12-4-2-1-3-5-12/h8-12H,1-7H2. The van der Waals surface area contributed by atoms with Gasteiger partial charge in [0.15, 0.2) is 5.82 Å². The lowest BCUT2D eigenvalue weighted by Gasteiger charge is -2.18. The summed E-state index contributed by atoms with van der Waals surface area (Å²) in [6.45, 7) is 1.06. The van der Waals surface area contributed by atoms with Crippen LogP contribution >= 0.6 is 0 Å². The van der Waals surface area contributed by atoms with Gasteiger partial charge in [0.2, 0.25) is 6.41 Å². The van der Waals surface area contributed by atoms with E-state index in [4.69, 9.17) is 4.52 Å². The van der Waals surface area contributed by atoms with Crippen LogP contribution < -0.4 is 4.90 Å². The SMILES string of the molecule is O=CN(CCn1cncn1)c1cc(C2CCCCC2)on1. The van der Waals surface area contributed by atoms with Crippen LogP contribution in [-0.2, 0) is 11.3 Å². The number of amides is 1. The quantitative estimate of drug-likeness (QED) is 0.760. The summed E-state index contributed by atoms with van der Waals surface area (Å²) in [5.74, 6) is 1.92. The molecule has 7 heteroatoms. The molecular formula is C14H19N5O2. The molecule has 3 rings (SSSR count). The predicted octanol–water partition coefficient (Wildman–Crippen LogP) is 1.98. The molecule has 0 saturated heterocycles. The average molecular weight is 289 g/mol. The van der Waals surface area contributed by atoms with Gasteiger partial charge < -0.3 is 4.52 Å². The zero-order valence-electron chi connectivity index (χ0n) is 11.9. The first kappa shape index (κ1) is 13.8. The van der Waals surface area contributed by atoms with Gasteiger partial charge in [0.05, 0.1) is 6.54 Å². The van der Waals surface area contributed by atoms with Gasteiger partial charge in [-0.05, 0) is 12.8 Å². The molecule has 1 aliphatic rings. The Balaban J connectivity index is 1.63. The molecule has 2 heterocycles. The Morgan fingerprint density at radius 3 is 2.95 bits per heavy atom. The largest absolute Gasteiger partial charge is 0.359 e. The topological polar surface area (TPSA) is 77.0 Å². The summed E-state index contributed by atoms with van der Waals surface area (Å²) < 4.78 is 7.12. The maximum Gasteiger partial charge on any atom is 0.215 e. The number of carbonyl (C=O) groups excluding carboxylic acids is 1. The monoisotopic (exact) mass is 289 g/mol. The van der Waals surface area contributed by atoms with Gasteiger partial charge in [0.1, 0.15) is 18.4 Å². The van der Waals surface area contributed by atoms with E-state index >= 15 is 0 Å². The summed E-state index contributed by atoms with van der Waals surface area (Å²) >= 11 is 0. The van der Waals surface area contributed by atoms with Gasteiger partial charge in [0, 0.05) is 18.5 Å². The van der Waals surface area contributed by atoms with E-state index in [9.17, 15) is 4.79 Å². The van der Waals surface area contributed by atoms with Crippen molar-refractivity contribution in [3.63, 3.8) is 0 Å².